The summed E-state index contributed by atoms with van der Waals surface area (Å²) in [5, 5.41) is 0.209. The lowest BCUT2D eigenvalue weighted by Crippen LogP contribution is -1.92. The van der Waals surface area contributed by atoms with Gasteiger partial charge in [0.2, 0.25) is 0 Å². The van der Waals surface area contributed by atoms with Gasteiger partial charge in [0.15, 0.2) is 0 Å². The molecule has 0 spiro atoms. The van der Waals surface area contributed by atoms with Gasteiger partial charge in [-0.3, -0.25) is 0 Å². The fourth-order valence-corrected chi connectivity index (χ4v) is 1.45. The van der Waals surface area contributed by atoms with E-state index < -0.39 is 5.82 Å². The topological polar surface area (TPSA) is 39.2 Å². The number of hydrogen-bond acceptors (Lipinski definition) is 2. The average Bonchev–Trinajstić information content (AvgIpc) is 2.63. The molecule has 0 saturated heterocycles. The number of hydrogen-bond donors (Lipinski definition) is 1. The van der Waals surface area contributed by atoms with Crippen molar-refractivity contribution in [3.8, 4) is 11.1 Å². The highest BCUT2D eigenvalue weighted by molar-refractivity contribution is 6.33. The number of rotatable bonds is 1. The van der Waals surface area contributed by atoms with Gasteiger partial charge in [-0.05, 0) is 18.2 Å². The van der Waals surface area contributed by atoms with Crippen LogP contribution in [0.2, 0.25) is 5.02 Å². The molecule has 2 rings (SSSR count). The van der Waals surface area contributed by atoms with Crippen LogP contribution in [-0.4, -0.2) is 0 Å². The Morgan fingerprint density at radius 2 is 2.14 bits per heavy atom. The van der Waals surface area contributed by atoms with Gasteiger partial charge in [-0.15, -0.1) is 0 Å². The molecule has 1 heterocycles. The van der Waals surface area contributed by atoms with Crippen LogP contribution in [0.15, 0.2) is 35.1 Å². The molecule has 0 radical (unpaired) electrons. The molecule has 72 valence electrons. The molecule has 2 N–H and O–H groups in total. The van der Waals surface area contributed by atoms with Gasteiger partial charge in [0.05, 0.1) is 23.2 Å². The fraction of sp³-hybridized carbons (Fsp3) is 0. The zero-order valence-electron chi connectivity index (χ0n) is 7.13. The van der Waals surface area contributed by atoms with Crippen molar-refractivity contribution in [3.63, 3.8) is 0 Å². The third-order valence-electron chi connectivity index (χ3n) is 1.93. The van der Waals surface area contributed by atoms with Gasteiger partial charge in [-0.1, -0.05) is 11.6 Å². The van der Waals surface area contributed by atoms with Crippen LogP contribution in [0.1, 0.15) is 0 Å². The van der Waals surface area contributed by atoms with Gasteiger partial charge >= 0.3 is 0 Å². The Bertz CT molecular complexity index is 453. The Labute approximate surface area is 85.1 Å². The molecule has 0 aliphatic heterocycles. The summed E-state index contributed by atoms with van der Waals surface area (Å²) in [7, 11) is 0. The second-order valence-electron chi connectivity index (χ2n) is 2.86. The summed E-state index contributed by atoms with van der Waals surface area (Å²) in [4.78, 5) is 0. The summed E-state index contributed by atoms with van der Waals surface area (Å²) >= 11 is 5.74. The van der Waals surface area contributed by atoms with Crippen molar-refractivity contribution in [1.82, 2.24) is 0 Å². The Morgan fingerprint density at radius 3 is 2.79 bits per heavy atom. The highest BCUT2D eigenvalue weighted by Crippen LogP contribution is 2.32. The summed E-state index contributed by atoms with van der Waals surface area (Å²) in [6.07, 6.45) is 2.98. The molecule has 14 heavy (non-hydrogen) atoms. The van der Waals surface area contributed by atoms with Gasteiger partial charge in [0.1, 0.15) is 5.82 Å². The van der Waals surface area contributed by atoms with E-state index in [-0.39, 0.29) is 5.02 Å². The average molecular weight is 212 g/mol. The molecule has 0 atom stereocenters. The van der Waals surface area contributed by atoms with Gasteiger partial charge in [-0.2, -0.15) is 0 Å². The second-order valence-corrected chi connectivity index (χ2v) is 3.27. The summed E-state index contributed by atoms with van der Waals surface area (Å²) in [6.45, 7) is 0. The minimum Gasteiger partial charge on any atom is -0.472 e. The maximum atomic E-state index is 13.0. The van der Waals surface area contributed by atoms with E-state index in [1.165, 1.54) is 24.7 Å². The molecule has 0 amide bonds. The van der Waals surface area contributed by atoms with Crippen molar-refractivity contribution in [2.45, 2.75) is 0 Å². The van der Waals surface area contributed by atoms with E-state index in [0.29, 0.717) is 16.8 Å². The van der Waals surface area contributed by atoms with Gasteiger partial charge in [0, 0.05) is 11.1 Å². The maximum absolute atomic E-state index is 13.0. The first-order chi connectivity index (χ1) is 6.68. The molecule has 2 nitrogen and oxygen atoms in total. The molecule has 0 fully saturated rings. The van der Waals surface area contributed by atoms with Crippen molar-refractivity contribution in [2.75, 3.05) is 5.73 Å². The normalized spacial score (nSPS) is 10.4. The van der Waals surface area contributed by atoms with E-state index in [1.54, 1.807) is 6.07 Å². The van der Waals surface area contributed by atoms with Crippen molar-refractivity contribution < 1.29 is 8.81 Å². The molecule has 1 aromatic heterocycles. The minimum atomic E-state index is -0.416. The van der Waals surface area contributed by atoms with Crippen LogP contribution < -0.4 is 5.73 Å². The lowest BCUT2D eigenvalue weighted by molar-refractivity contribution is 0.568. The van der Waals surface area contributed by atoms with E-state index in [0.717, 1.165) is 0 Å². The van der Waals surface area contributed by atoms with E-state index in [1.807, 2.05) is 0 Å². The zero-order chi connectivity index (χ0) is 10.1. The molecule has 1 aromatic carbocycles. The lowest BCUT2D eigenvalue weighted by atomic mass is 10.1. The summed E-state index contributed by atoms with van der Waals surface area (Å²) in [5.74, 6) is -0.416. The van der Waals surface area contributed by atoms with E-state index in [9.17, 15) is 4.39 Å². The summed E-state index contributed by atoms with van der Waals surface area (Å²) in [6, 6.07) is 4.20. The lowest BCUT2D eigenvalue weighted by Gasteiger charge is -2.04. The number of nitrogens with two attached hydrogens (primary N) is 1. The molecule has 0 unspecified atom stereocenters. The highest BCUT2D eigenvalue weighted by Gasteiger charge is 2.09. The number of furan rings is 1. The van der Waals surface area contributed by atoms with Gasteiger partial charge in [0.25, 0.3) is 0 Å². The Morgan fingerprint density at radius 1 is 1.36 bits per heavy atom. The van der Waals surface area contributed by atoms with Crippen molar-refractivity contribution in [2.24, 2.45) is 0 Å². The molecule has 0 bridgehead atoms. The van der Waals surface area contributed by atoms with Crippen molar-refractivity contribution >= 4 is 17.3 Å². The van der Waals surface area contributed by atoms with Crippen LogP contribution in [0.4, 0.5) is 10.1 Å². The van der Waals surface area contributed by atoms with Gasteiger partial charge in [-0.25, -0.2) is 4.39 Å². The third-order valence-corrected chi connectivity index (χ3v) is 2.24. The maximum Gasteiger partial charge on any atom is 0.125 e. The first kappa shape index (κ1) is 9.09. The molecule has 2 aromatic rings. The predicted molar refractivity (Wildman–Crippen MR) is 53.5 cm³/mol. The smallest absolute Gasteiger partial charge is 0.125 e. The number of nitrogen functional groups attached to an aromatic ring is 1. The highest BCUT2D eigenvalue weighted by atomic mass is 35.5. The van der Waals surface area contributed by atoms with Crippen LogP contribution in [0.3, 0.4) is 0 Å². The molecule has 0 aliphatic rings. The Kier molecular flexibility index (Phi) is 2.17. The number of halogens is 2. The fourth-order valence-electron chi connectivity index (χ4n) is 1.24. The molecular weight excluding hydrogens is 205 g/mol. The van der Waals surface area contributed by atoms with E-state index in [2.05, 4.69) is 0 Å². The summed E-state index contributed by atoms with van der Waals surface area (Å²) < 4.78 is 17.9. The Balaban J connectivity index is 2.64. The second kappa shape index (κ2) is 3.35. The molecular formula is C10H7ClFNO. The Hall–Kier alpha value is -1.48. The van der Waals surface area contributed by atoms with Crippen LogP contribution in [-0.2, 0) is 0 Å². The first-order valence-electron chi connectivity index (χ1n) is 3.95. The van der Waals surface area contributed by atoms with Crippen LogP contribution >= 0.6 is 11.6 Å². The first-order valence-corrected chi connectivity index (χ1v) is 4.33. The minimum absolute atomic E-state index is 0.209. The monoisotopic (exact) mass is 211 g/mol. The molecule has 0 aliphatic carbocycles. The van der Waals surface area contributed by atoms with Crippen LogP contribution in [0.5, 0.6) is 0 Å². The number of anilines is 1. The zero-order valence-corrected chi connectivity index (χ0v) is 7.88. The predicted octanol–water partition coefficient (Wildman–Crippen LogP) is 3.32. The van der Waals surface area contributed by atoms with Crippen LogP contribution in [0, 0.1) is 5.82 Å². The summed E-state index contributed by atoms with van der Waals surface area (Å²) in [5.41, 5.74) is 7.32. The standard InChI is InChI=1S/C10H7ClFNO/c11-9-4-7(12)3-8(10(9)13)6-1-2-14-5-6/h1-5H,13H2. The van der Waals surface area contributed by atoms with E-state index in [4.69, 9.17) is 21.8 Å². The van der Waals surface area contributed by atoms with Crippen LogP contribution in [0.25, 0.3) is 11.1 Å². The van der Waals surface area contributed by atoms with Gasteiger partial charge < -0.3 is 10.2 Å². The van der Waals surface area contributed by atoms with E-state index >= 15 is 0 Å². The number of benzene rings is 1. The molecule has 4 heteroatoms. The van der Waals surface area contributed by atoms with Crippen molar-refractivity contribution in [1.29, 1.82) is 0 Å². The quantitative estimate of drug-likeness (QED) is 0.735. The SMILES string of the molecule is Nc1c(Cl)cc(F)cc1-c1ccoc1. The third kappa shape index (κ3) is 1.46. The molecule has 0 saturated carbocycles. The van der Waals surface area contributed by atoms with Crippen molar-refractivity contribution in [3.05, 3.63) is 41.6 Å². The largest absolute Gasteiger partial charge is 0.472 e.